The molecule has 176 valence electrons. The molecular weight excluding hydrogens is 426 g/mol. The first kappa shape index (κ1) is 21.0. The number of nitrogens with zero attached hydrogens (tertiary/aromatic N) is 6. The number of hydrazone groups is 1. The number of likely N-dealkylation sites (tertiary alicyclic amines) is 2. The van der Waals surface area contributed by atoms with Crippen molar-refractivity contribution in [1.82, 2.24) is 20.1 Å². The molecule has 1 unspecified atom stereocenters. The van der Waals surface area contributed by atoms with E-state index in [1.807, 2.05) is 42.5 Å². The van der Waals surface area contributed by atoms with Crippen LogP contribution in [0, 0.1) is 0 Å². The number of guanidine groups is 3. The van der Waals surface area contributed by atoms with Crippen molar-refractivity contribution in [2.24, 2.45) is 15.1 Å². The van der Waals surface area contributed by atoms with Crippen molar-refractivity contribution in [3.63, 3.8) is 0 Å². The Balaban J connectivity index is 1.30. The Morgan fingerprint density at radius 3 is 2.18 bits per heavy atom. The van der Waals surface area contributed by atoms with Crippen molar-refractivity contribution in [2.75, 3.05) is 26.2 Å². The van der Waals surface area contributed by atoms with Crippen LogP contribution in [-0.4, -0.2) is 58.8 Å². The number of fused-ring (bicyclic) bond motifs is 1. The molecule has 8 heteroatoms. The number of piperidine rings is 2. The van der Waals surface area contributed by atoms with Gasteiger partial charge in [0, 0.05) is 31.7 Å². The third kappa shape index (κ3) is 4.20. The van der Waals surface area contributed by atoms with E-state index in [1.54, 1.807) is 0 Å². The van der Waals surface area contributed by atoms with Crippen molar-refractivity contribution in [1.29, 1.82) is 0 Å². The summed E-state index contributed by atoms with van der Waals surface area (Å²) in [5.74, 6) is 4.07. The maximum absolute atomic E-state index is 6.10. The molecule has 4 heterocycles. The van der Waals surface area contributed by atoms with E-state index in [2.05, 4.69) is 37.4 Å². The van der Waals surface area contributed by atoms with Crippen LogP contribution in [0.5, 0.6) is 11.5 Å². The standard InChI is InChI=1S/C26H31N7O/c1-4-12-21(13-5-1)34-22-14-10-11-20(19-22)23-29-30-25-27-24(31-15-6-2-7-16-31)28-26(33(23)25)32-17-8-3-9-18-32/h1,4-5,10-14,19,23,29H,2-3,6-9,15-18H2. The largest absolute Gasteiger partial charge is 0.457 e. The molecule has 0 aliphatic carbocycles. The zero-order valence-corrected chi connectivity index (χ0v) is 19.4. The number of hydrogen-bond acceptors (Lipinski definition) is 8. The minimum atomic E-state index is -0.179. The van der Waals surface area contributed by atoms with E-state index in [-0.39, 0.29) is 6.17 Å². The van der Waals surface area contributed by atoms with Gasteiger partial charge in [0.05, 0.1) is 0 Å². The summed E-state index contributed by atoms with van der Waals surface area (Å²) in [6.07, 6.45) is 7.14. The first-order chi connectivity index (χ1) is 16.8. The molecule has 6 rings (SSSR count). The summed E-state index contributed by atoms with van der Waals surface area (Å²) in [6.45, 7) is 4.05. The number of ether oxygens (including phenoxy) is 1. The molecule has 1 N–H and O–H groups in total. The molecule has 1 atom stereocenters. The average molecular weight is 458 g/mol. The van der Waals surface area contributed by atoms with Crippen LogP contribution in [0.25, 0.3) is 0 Å². The van der Waals surface area contributed by atoms with E-state index >= 15 is 0 Å². The highest BCUT2D eigenvalue weighted by Gasteiger charge is 2.39. The fourth-order valence-electron chi connectivity index (χ4n) is 5.04. The summed E-state index contributed by atoms with van der Waals surface area (Å²) in [7, 11) is 0. The lowest BCUT2D eigenvalue weighted by Gasteiger charge is -2.39. The third-order valence-corrected chi connectivity index (χ3v) is 6.81. The van der Waals surface area contributed by atoms with Crippen LogP contribution in [0.15, 0.2) is 69.7 Å². The predicted octanol–water partition coefficient (Wildman–Crippen LogP) is 4.35. The van der Waals surface area contributed by atoms with Gasteiger partial charge in [0.1, 0.15) is 11.5 Å². The molecule has 0 bridgehead atoms. The van der Waals surface area contributed by atoms with E-state index in [9.17, 15) is 0 Å². The van der Waals surface area contributed by atoms with Crippen LogP contribution < -0.4 is 10.2 Å². The highest BCUT2D eigenvalue weighted by molar-refractivity contribution is 6.12. The minimum absolute atomic E-state index is 0.179. The van der Waals surface area contributed by atoms with Crippen LogP contribution in [0.3, 0.4) is 0 Å². The number of nitrogens with one attached hydrogen (secondary N) is 1. The van der Waals surface area contributed by atoms with Gasteiger partial charge in [-0.1, -0.05) is 30.3 Å². The van der Waals surface area contributed by atoms with Gasteiger partial charge in [-0.25, -0.2) is 0 Å². The van der Waals surface area contributed by atoms with E-state index < -0.39 is 0 Å². The van der Waals surface area contributed by atoms with Crippen molar-refractivity contribution < 1.29 is 4.74 Å². The van der Waals surface area contributed by atoms with E-state index in [0.29, 0.717) is 5.96 Å². The van der Waals surface area contributed by atoms with Crippen molar-refractivity contribution in [2.45, 2.75) is 44.7 Å². The minimum Gasteiger partial charge on any atom is -0.457 e. The summed E-state index contributed by atoms with van der Waals surface area (Å²) < 4.78 is 6.10. The SMILES string of the molecule is c1ccc(Oc2cccc(C3NN=C4N=C(N5CCCCC5)N=C(N5CCCCC5)N43)c2)cc1. The quantitative estimate of drug-likeness (QED) is 0.742. The Hall–Kier alpha value is -3.55. The summed E-state index contributed by atoms with van der Waals surface area (Å²) in [4.78, 5) is 16.9. The molecule has 2 saturated heterocycles. The van der Waals surface area contributed by atoms with Crippen molar-refractivity contribution in [3.05, 3.63) is 60.2 Å². The van der Waals surface area contributed by atoms with Gasteiger partial charge in [-0.15, -0.1) is 5.10 Å². The van der Waals surface area contributed by atoms with Crippen LogP contribution in [0.2, 0.25) is 0 Å². The number of para-hydroxylation sites is 1. The van der Waals surface area contributed by atoms with Gasteiger partial charge in [0.2, 0.25) is 11.9 Å². The molecule has 0 saturated carbocycles. The Kier molecular flexibility index (Phi) is 5.79. The first-order valence-electron chi connectivity index (χ1n) is 12.5. The Morgan fingerprint density at radius 2 is 1.41 bits per heavy atom. The second-order valence-electron chi connectivity index (χ2n) is 9.22. The average Bonchev–Trinajstić information content (AvgIpc) is 3.34. The lowest BCUT2D eigenvalue weighted by Crippen LogP contribution is -2.53. The molecule has 8 nitrogen and oxygen atoms in total. The summed E-state index contributed by atoms with van der Waals surface area (Å²) in [5.41, 5.74) is 4.39. The lowest BCUT2D eigenvalue weighted by molar-refractivity contribution is 0.285. The third-order valence-electron chi connectivity index (χ3n) is 6.81. The van der Waals surface area contributed by atoms with Gasteiger partial charge in [0.25, 0.3) is 5.96 Å². The zero-order valence-electron chi connectivity index (χ0n) is 19.4. The lowest BCUT2D eigenvalue weighted by atomic mass is 10.1. The number of rotatable bonds is 3. The van der Waals surface area contributed by atoms with E-state index in [1.165, 1.54) is 38.5 Å². The Labute approximate surface area is 200 Å². The van der Waals surface area contributed by atoms with Crippen molar-refractivity contribution >= 4 is 17.9 Å². The van der Waals surface area contributed by atoms with Crippen LogP contribution in [0.4, 0.5) is 0 Å². The molecule has 4 aliphatic rings. The fourth-order valence-corrected chi connectivity index (χ4v) is 5.04. The van der Waals surface area contributed by atoms with Gasteiger partial charge >= 0.3 is 0 Å². The van der Waals surface area contributed by atoms with Crippen LogP contribution in [-0.2, 0) is 0 Å². The zero-order chi connectivity index (χ0) is 22.7. The number of hydrogen-bond donors (Lipinski definition) is 1. The monoisotopic (exact) mass is 457 g/mol. The second kappa shape index (κ2) is 9.37. The maximum Gasteiger partial charge on any atom is 0.254 e. The molecule has 2 aromatic rings. The second-order valence-corrected chi connectivity index (χ2v) is 9.22. The molecule has 4 aliphatic heterocycles. The number of benzene rings is 2. The molecule has 0 radical (unpaired) electrons. The molecule has 0 amide bonds. The summed E-state index contributed by atoms with van der Waals surface area (Å²) in [5, 5.41) is 4.65. The number of aliphatic imine (C=N–C) groups is 2. The van der Waals surface area contributed by atoms with E-state index in [4.69, 9.17) is 14.7 Å². The maximum atomic E-state index is 6.10. The summed E-state index contributed by atoms with van der Waals surface area (Å²) >= 11 is 0. The molecule has 0 spiro atoms. The first-order valence-corrected chi connectivity index (χ1v) is 12.5. The molecule has 2 aromatic carbocycles. The highest BCUT2D eigenvalue weighted by atomic mass is 16.5. The normalized spacial score (nSPS) is 22.4. The van der Waals surface area contributed by atoms with Crippen LogP contribution in [0.1, 0.15) is 50.3 Å². The Bertz CT molecular complexity index is 1100. The van der Waals surface area contributed by atoms with Gasteiger partial charge in [-0.3, -0.25) is 10.3 Å². The smallest absolute Gasteiger partial charge is 0.254 e. The predicted molar refractivity (Wildman–Crippen MR) is 134 cm³/mol. The summed E-state index contributed by atoms with van der Waals surface area (Å²) in [6, 6.07) is 18.0. The van der Waals surface area contributed by atoms with Crippen LogP contribution >= 0.6 is 0 Å². The molecule has 34 heavy (non-hydrogen) atoms. The molecular formula is C26H31N7O. The van der Waals surface area contributed by atoms with E-state index in [0.717, 1.165) is 55.2 Å². The van der Waals surface area contributed by atoms with Gasteiger partial charge < -0.3 is 14.5 Å². The topological polar surface area (TPSA) is 68.1 Å². The van der Waals surface area contributed by atoms with Gasteiger partial charge in [-0.05, 0) is 62.8 Å². The fraction of sp³-hybridized carbons (Fsp3) is 0.423. The molecule has 0 aromatic heterocycles. The van der Waals surface area contributed by atoms with Crippen molar-refractivity contribution in [3.8, 4) is 11.5 Å². The van der Waals surface area contributed by atoms with Gasteiger partial charge in [-0.2, -0.15) is 9.98 Å². The molecule has 2 fully saturated rings. The highest BCUT2D eigenvalue weighted by Crippen LogP contribution is 2.31. The van der Waals surface area contributed by atoms with Gasteiger partial charge in [0.15, 0.2) is 6.17 Å². The Morgan fingerprint density at radius 1 is 0.706 bits per heavy atom.